The lowest BCUT2D eigenvalue weighted by atomic mass is 10.0. The van der Waals surface area contributed by atoms with Crippen LogP contribution in [-0.4, -0.2) is 31.6 Å². The zero-order valence-electron chi connectivity index (χ0n) is 11.3. The molecule has 0 radical (unpaired) electrons. The van der Waals surface area contributed by atoms with Gasteiger partial charge in [-0.3, -0.25) is 4.79 Å². The number of benzene rings is 1. The van der Waals surface area contributed by atoms with Gasteiger partial charge in [0.15, 0.2) is 0 Å². The van der Waals surface area contributed by atoms with E-state index >= 15 is 0 Å². The predicted molar refractivity (Wildman–Crippen MR) is 74.7 cm³/mol. The van der Waals surface area contributed by atoms with Gasteiger partial charge in [0.05, 0.1) is 12.2 Å². The van der Waals surface area contributed by atoms with Crippen molar-refractivity contribution in [3.63, 3.8) is 0 Å². The second-order valence-corrected chi connectivity index (χ2v) is 5.32. The van der Waals surface area contributed by atoms with Crippen LogP contribution in [0.15, 0.2) is 18.2 Å². The predicted octanol–water partition coefficient (Wildman–Crippen LogP) is 1.73. The molecule has 2 heterocycles. The number of nitrogens with one attached hydrogen (secondary N) is 1. The van der Waals surface area contributed by atoms with Crippen molar-refractivity contribution in [2.24, 2.45) is 0 Å². The SMILES string of the molecule is CC(=O)N1CCOc2ccc(CC3CCCN3)cc21. The first-order valence-corrected chi connectivity index (χ1v) is 7.01. The average molecular weight is 260 g/mol. The van der Waals surface area contributed by atoms with Gasteiger partial charge in [-0.05, 0) is 43.5 Å². The van der Waals surface area contributed by atoms with Crippen LogP contribution in [0.5, 0.6) is 5.75 Å². The maximum Gasteiger partial charge on any atom is 0.224 e. The monoisotopic (exact) mass is 260 g/mol. The third-order valence-corrected chi connectivity index (χ3v) is 3.91. The molecule has 0 spiro atoms. The summed E-state index contributed by atoms with van der Waals surface area (Å²) in [7, 11) is 0. The number of carbonyl (C=O) groups is 1. The lowest BCUT2D eigenvalue weighted by Gasteiger charge is -2.29. The fraction of sp³-hybridized carbons (Fsp3) is 0.533. The Labute approximate surface area is 113 Å². The van der Waals surface area contributed by atoms with Gasteiger partial charge in [0, 0.05) is 13.0 Å². The first-order chi connectivity index (χ1) is 9.24. The molecule has 0 saturated carbocycles. The largest absolute Gasteiger partial charge is 0.490 e. The standard InChI is InChI=1S/C15H20N2O2/c1-11(18)17-7-8-19-15-5-4-12(10-14(15)17)9-13-3-2-6-16-13/h4-5,10,13,16H,2-3,6-9H2,1H3. The smallest absolute Gasteiger partial charge is 0.224 e. The van der Waals surface area contributed by atoms with Crippen molar-refractivity contribution >= 4 is 11.6 Å². The molecule has 2 aliphatic rings. The Morgan fingerprint density at radius 3 is 3.16 bits per heavy atom. The zero-order chi connectivity index (χ0) is 13.2. The van der Waals surface area contributed by atoms with E-state index in [2.05, 4.69) is 17.4 Å². The summed E-state index contributed by atoms with van der Waals surface area (Å²) in [5.41, 5.74) is 2.20. The summed E-state index contributed by atoms with van der Waals surface area (Å²) in [5, 5.41) is 3.51. The highest BCUT2D eigenvalue weighted by molar-refractivity contribution is 5.93. The number of amides is 1. The highest BCUT2D eigenvalue weighted by Gasteiger charge is 2.22. The summed E-state index contributed by atoms with van der Waals surface area (Å²) in [4.78, 5) is 13.5. The van der Waals surface area contributed by atoms with Crippen molar-refractivity contribution in [2.75, 3.05) is 24.6 Å². The molecule has 4 nitrogen and oxygen atoms in total. The van der Waals surface area contributed by atoms with Gasteiger partial charge in [-0.2, -0.15) is 0 Å². The quantitative estimate of drug-likeness (QED) is 0.880. The maximum atomic E-state index is 11.7. The molecule has 1 N–H and O–H groups in total. The van der Waals surface area contributed by atoms with Gasteiger partial charge in [0.25, 0.3) is 0 Å². The zero-order valence-corrected chi connectivity index (χ0v) is 11.3. The minimum absolute atomic E-state index is 0.0840. The first kappa shape index (κ1) is 12.5. The van der Waals surface area contributed by atoms with Crippen molar-refractivity contribution in [3.05, 3.63) is 23.8 Å². The number of hydrogen-bond donors (Lipinski definition) is 1. The average Bonchev–Trinajstić information content (AvgIpc) is 2.90. The lowest BCUT2D eigenvalue weighted by molar-refractivity contribution is -0.116. The second kappa shape index (κ2) is 5.21. The van der Waals surface area contributed by atoms with Gasteiger partial charge < -0.3 is 15.0 Å². The van der Waals surface area contributed by atoms with Crippen molar-refractivity contribution in [1.29, 1.82) is 0 Å². The van der Waals surface area contributed by atoms with E-state index in [0.29, 0.717) is 19.2 Å². The van der Waals surface area contributed by atoms with Crippen LogP contribution in [0.25, 0.3) is 0 Å². The summed E-state index contributed by atoms with van der Waals surface area (Å²) < 4.78 is 5.62. The minimum Gasteiger partial charge on any atom is -0.490 e. The van der Waals surface area contributed by atoms with Gasteiger partial charge in [-0.15, -0.1) is 0 Å². The van der Waals surface area contributed by atoms with Crippen LogP contribution in [-0.2, 0) is 11.2 Å². The van der Waals surface area contributed by atoms with Gasteiger partial charge in [-0.25, -0.2) is 0 Å². The van der Waals surface area contributed by atoms with Crippen LogP contribution < -0.4 is 15.0 Å². The van der Waals surface area contributed by atoms with Crippen molar-refractivity contribution in [1.82, 2.24) is 5.32 Å². The van der Waals surface area contributed by atoms with E-state index in [9.17, 15) is 4.79 Å². The molecule has 1 fully saturated rings. The van der Waals surface area contributed by atoms with Gasteiger partial charge in [-0.1, -0.05) is 6.07 Å². The van der Waals surface area contributed by atoms with Crippen molar-refractivity contribution in [3.8, 4) is 5.75 Å². The van der Waals surface area contributed by atoms with E-state index in [4.69, 9.17) is 4.74 Å². The van der Waals surface area contributed by atoms with Crippen LogP contribution in [0.1, 0.15) is 25.3 Å². The number of hydrogen-bond acceptors (Lipinski definition) is 3. The van der Waals surface area contributed by atoms with Crippen LogP contribution >= 0.6 is 0 Å². The Bertz CT molecular complexity index is 481. The number of anilines is 1. The molecule has 4 heteroatoms. The summed E-state index contributed by atoms with van der Waals surface area (Å²) in [6.45, 7) is 3.96. The number of carbonyl (C=O) groups excluding carboxylic acids is 1. The molecule has 3 rings (SSSR count). The fourth-order valence-electron chi connectivity index (χ4n) is 2.93. The first-order valence-electron chi connectivity index (χ1n) is 7.01. The topological polar surface area (TPSA) is 41.6 Å². The van der Waals surface area contributed by atoms with E-state index in [1.54, 1.807) is 6.92 Å². The highest BCUT2D eigenvalue weighted by atomic mass is 16.5. The van der Waals surface area contributed by atoms with E-state index in [1.807, 2.05) is 11.0 Å². The molecule has 1 aromatic carbocycles. The van der Waals surface area contributed by atoms with Crippen molar-refractivity contribution < 1.29 is 9.53 Å². The molecule has 0 aromatic heterocycles. The molecule has 102 valence electrons. The fourth-order valence-corrected chi connectivity index (χ4v) is 2.93. The lowest BCUT2D eigenvalue weighted by Crippen LogP contribution is -2.36. The molecular weight excluding hydrogens is 240 g/mol. The van der Waals surface area contributed by atoms with Crippen LogP contribution in [0.2, 0.25) is 0 Å². The van der Waals surface area contributed by atoms with E-state index in [0.717, 1.165) is 24.4 Å². The third kappa shape index (κ3) is 2.59. The number of rotatable bonds is 2. The van der Waals surface area contributed by atoms with Gasteiger partial charge >= 0.3 is 0 Å². The summed E-state index contributed by atoms with van der Waals surface area (Å²) in [5.74, 6) is 0.908. The van der Waals surface area contributed by atoms with Gasteiger partial charge in [0.2, 0.25) is 5.91 Å². The molecule has 2 aliphatic heterocycles. The molecule has 19 heavy (non-hydrogen) atoms. The Morgan fingerprint density at radius 1 is 1.53 bits per heavy atom. The van der Waals surface area contributed by atoms with E-state index < -0.39 is 0 Å². The van der Waals surface area contributed by atoms with Crippen molar-refractivity contribution in [2.45, 2.75) is 32.2 Å². The van der Waals surface area contributed by atoms with Gasteiger partial charge in [0.1, 0.15) is 12.4 Å². The molecule has 1 atom stereocenters. The van der Waals surface area contributed by atoms with Crippen LogP contribution in [0, 0.1) is 0 Å². The normalized spacial score (nSPS) is 21.9. The van der Waals surface area contributed by atoms with Crippen LogP contribution in [0.4, 0.5) is 5.69 Å². The number of nitrogens with zero attached hydrogens (tertiary/aromatic N) is 1. The molecule has 1 aromatic rings. The number of ether oxygens (including phenoxy) is 1. The summed E-state index contributed by atoms with van der Waals surface area (Å²) >= 11 is 0. The molecule has 1 amide bonds. The molecular formula is C15H20N2O2. The summed E-state index contributed by atoms with van der Waals surface area (Å²) in [6, 6.07) is 6.79. The minimum atomic E-state index is 0.0840. The Kier molecular flexibility index (Phi) is 3.42. The van der Waals surface area contributed by atoms with E-state index in [-0.39, 0.29) is 5.91 Å². The Morgan fingerprint density at radius 2 is 2.42 bits per heavy atom. The second-order valence-electron chi connectivity index (χ2n) is 5.32. The molecule has 0 bridgehead atoms. The third-order valence-electron chi connectivity index (χ3n) is 3.91. The molecule has 1 saturated heterocycles. The van der Waals surface area contributed by atoms with Crippen LogP contribution in [0.3, 0.4) is 0 Å². The Balaban J connectivity index is 1.84. The maximum absolute atomic E-state index is 11.7. The Hall–Kier alpha value is -1.55. The molecule has 0 aliphatic carbocycles. The number of fused-ring (bicyclic) bond motifs is 1. The molecule has 1 unspecified atom stereocenters. The highest BCUT2D eigenvalue weighted by Crippen LogP contribution is 2.33. The summed E-state index contributed by atoms with van der Waals surface area (Å²) in [6.07, 6.45) is 3.53. The van der Waals surface area contributed by atoms with E-state index in [1.165, 1.54) is 18.4 Å².